The highest BCUT2D eigenvalue weighted by molar-refractivity contribution is 7.16. The summed E-state index contributed by atoms with van der Waals surface area (Å²) in [6.45, 7) is 0. The molecule has 0 aliphatic rings. The molecule has 0 aliphatic carbocycles. The van der Waals surface area contributed by atoms with Crippen LogP contribution in [-0.4, -0.2) is 14.5 Å². The molecule has 0 saturated carbocycles. The number of halogens is 2. The van der Waals surface area contributed by atoms with Crippen molar-refractivity contribution in [1.82, 2.24) is 14.5 Å². The van der Waals surface area contributed by atoms with Crippen molar-refractivity contribution in [1.29, 1.82) is 0 Å². The second-order valence-corrected chi connectivity index (χ2v) is 5.86. The van der Waals surface area contributed by atoms with Gasteiger partial charge in [-0.15, -0.1) is 11.3 Å². The van der Waals surface area contributed by atoms with E-state index in [9.17, 15) is 4.39 Å². The topological polar surface area (TPSA) is 56.7 Å². The molecule has 0 unspecified atom stereocenters. The number of imidazole rings is 1. The summed E-state index contributed by atoms with van der Waals surface area (Å²) in [5, 5.41) is 0.0325. The summed E-state index contributed by atoms with van der Waals surface area (Å²) < 4.78 is 16.5. The van der Waals surface area contributed by atoms with Crippen molar-refractivity contribution in [3.05, 3.63) is 46.7 Å². The van der Waals surface area contributed by atoms with Crippen LogP contribution in [0.5, 0.6) is 0 Å². The van der Waals surface area contributed by atoms with Crippen molar-refractivity contribution >= 4 is 50.1 Å². The molecule has 2 N–H and O–H groups in total. The van der Waals surface area contributed by atoms with E-state index in [4.69, 9.17) is 17.3 Å². The molecule has 0 saturated heterocycles. The molecule has 21 heavy (non-hydrogen) atoms. The van der Waals surface area contributed by atoms with Gasteiger partial charge in [-0.05, 0) is 24.3 Å². The second-order valence-electron chi connectivity index (χ2n) is 4.56. The highest BCUT2D eigenvalue weighted by atomic mass is 35.5. The van der Waals surface area contributed by atoms with Gasteiger partial charge in [0.1, 0.15) is 5.82 Å². The predicted molar refractivity (Wildman–Crippen MR) is 83.6 cm³/mol. The largest absolute Gasteiger partial charge is 0.369 e. The quantitative estimate of drug-likeness (QED) is 0.577. The lowest BCUT2D eigenvalue weighted by Crippen LogP contribution is -2.00. The minimum absolute atomic E-state index is 0.0325. The Morgan fingerprint density at radius 1 is 1.19 bits per heavy atom. The Labute approximate surface area is 127 Å². The fourth-order valence-electron chi connectivity index (χ4n) is 2.35. The molecule has 0 amide bonds. The van der Waals surface area contributed by atoms with Crippen LogP contribution in [0.25, 0.3) is 26.9 Å². The third-order valence-electron chi connectivity index (χ3n) is 3.30. The van der Waals surface area contributed by atoms with E-state index >= 15 is 0 Å². The number of benzene rings is 2. The number of nitrogens with two attached hydrogens (primary N) is 1. The Bertz CT molecular complexity index is 991. The maximum atomic E-state index is 13.7. The normalized spacial score (nSPS) is 11.5. The standard InChI is InChI=1S/C14H8ClFN4S/c15-8-4-11-12(5-9(8)16)20(14(17)19-11)7-1-2-10-13(3-7)21-6-18-10/h1-6H,(H2,17,19). The maximum Gasteiger partial charge on any atom is 0.205 e. The smallest absolute Gasteiger partial charge is 0.205 e. The third kappa shape index (κ3) is 1.87. The number of nitrogens with zero attached hydrogens (tertiary/aromatic N) is 3. The SMILES string of the molecule is Nc1nc2cc(Cl)c(F)cc2n1-c1ccc2ncsc2c1. The van der Waals surface area contributed by atoms with Crippen LogP contribution in [0.1, 0.15) is 0 Å². The van der Waals surface area contributed by atoms with Gasteiger partial charge < -0.3 is 5.73 Å². The van der Waals surface area contributed by atoms with E-state index in [-0.39, 0.29) is 11.0 Å². The third-order valence-corrected chi connectivity index (χ3v) is 4.38. The first-order valence-electron chi connectivity index (χ1n) is 6.10. The summed E-state index contributed by atoms with van der Waals surface area (Å²) in [7, 11) is 0. The summed E-state index contributed by atoms with van der Waals surface area (Å²) in [5.74, 6) is -0.209. The molecule has 2 heterocycles. The number of nitrogen functional groups attached to an aromatic ring is 1. The molecule has 0 radical (unpaired) electrons. The number of thiazole rings is 1. The van der Waals surface area contributed by atoms with E-state index in [1.54, 1.807) is 10.1 Å². The molecule has 4 rings (SSSR count). The van der Waals surface area contributed by atoms with Gasteiger partial charge in [-0.2, -0.15) is 0 Å². The predicted octanol–water partition coefficient (Wildman–Crippen LogP) is 4.01. The molecular formula is C14H8ClFN4S. The zero-order valence-corrected chi connectivity index (χ0v) is 12.1. The molecule has 0 fully saturated rings. The second kappa shape index (κ2) is 4.41. The fraction of sp³-hybridized carbons (Fsp3) is 0. The van der Waals surface area contributed by atoms with Crippen LogP contribution in [0.3, 0.4) is 0 Å². The number of aromatic nitrogens is 3. The average molecular weight is 319 g/mol. The number of anilines is 1. The lowest BCUT2D eigenvalue weighted by atomic mass is 10.2. The van der Waals surface area contributed by atoms with Gasteiger partial charge in [0.2, 0.25) is 5.95 Å². The summed E-state index contributed by atoms with van der Waals surface area (Å²) in [6.07, 6.45) is 0. The molecular weight excluding hydrogens is 311 g/mol. The van der Waals surface area contributed by atoms with Crippen molar-refractivity contribution in [2.45, 2.75) is 0 Å². The molecule has 104 valence electrons. The first-order chi connectivity index (χ1) is 10.1. The van der Waals surface area contributed by atoms with Gasteiger partial charge in [0.15, 0.2) is 0 Å². The van der Waals surface area contributed by atoms with E-state index < -0.39 is 5.82 Å². The van der Waals surface area contributed by atoms with Gasteiger partial charge in [0, 0.05) is 6.07 Å². The molecule has 2 aromatic heterocycles. The molecule has 0 spiro atoms. The Balaban J connectivity index is 2.04. The first-order valence-corrected chi connectivity index (χ1v) is 7.36. The molecule has 4 nitrogen and oxygen atoms in total. The number of fused-ring (bicyclic) bond motifs is 2. The first kappa shape index (κ1) is 12.6. The number of hydrogen-bond acceptors (Lipinski definition) is 4. The van der Waals surface area contributed by atoms with Crippen molar-refractivity contribution in [2.24, 2.45) is 0 Å². The minimum atomic E-state index is -0.496. The van der Waals surface area contributed by atoms with Crippen LogP contribution in [0.2, 0.25) is 5.02 Å². The lowest BCUT2D eigenvalue weighted by Gasteiger charge is -2.06. The van der Waals surface area contributed by atoms with Gasteiger partial charge >= 0.3 is 0 Å². The van der Waals surface area contributed by atoms with Crippen molar-refractivity contribution in [2.75, 3.05) is 5.73 Å². The summed E-state index contributed by atoms with van der Waals surface area (Å²) in [4.78, 5) is 8.47. The van der Waals surface area contributed by atoms with E-state index in [1.807, 2.05) is 18.2 Å². The fourth-order valence-corrected chi connectivity index (χ4v) is 3.21. The number of rotatable bonds is 1. The highest BCUT2D eigenvalue weighted by Crippen LogP contribution is 2.29. The van der Waals surface area contributed by atoms with Gasteiger partial charge in [-0.25, -0.2) is 14.4 Å². The maximum absolute atomic E-state index is 13.7. The van der Waals surface area contributed by atoms with Crippen LogP contribution in [0, 0.1) is 5.82 Å². The van der Waals surface area contributed by atoms with Crippen molar-refractivity contribution < 1.29 is 4.39 Å². The Morgan fingerprint density at radius 3 is 2.90 bits per heavy atom. The Morgan fingerprint density at radius 2 is 2.05 bits per heavy atom. The van der Waals surface area contributed by atoms with Crippen molar-refractivity contribution in [3.63, 3.8) is 0 Å². The molecule has 0 atom stereocenters. The zero-order valence-electron chi connectivity index (χ0n) is 10.5. The van der Waals surface area contributed by atoms with Crippen LogP contribution in [0.15, 0.2) is 35.8 Å². The van der Waals surface area contributed by atoms with Crippen LogP contribution in [-0.2, 0) is 0 Å². The molecule has 0 aliphatic heterocycles. The van der Waals surface area contributed by atoms with Gasteiger partial charge in [0.05, 0.1) is 37.5 Å². The molecule has 2 aromatic carbocycles. The molecule has 7 heteroatoms. The Hall–Kier alpha value is -2.18. The van der Waals surface area contributed by atoms with Gasteiger partial charge in [-0.3, -0.25) is 4.57 Å². The van der Waals surface area contributed by atoms with Crippen LogP contribution < -0.4 is 5.73 Å². The number of hydrogen-bond donors (Lipinski definition) is 1. The molecule has 4 aromatic rings. The van der Waals surface area contributed by atoms with E-state index in [0.717, 1.165) is 15.9 Å². The Kier molecular flexibility index (Phi) is 2.63. The zero-order chi connectivity index (χ0) is 14.6. The van der Waals surface area contributed by atoms with Crippen molar-refractivity contribution in [3.8, 4) is 5.69 Å². The lowest BCUT2D eigenvalue weighted by molar-refractivity contribution is 0.629. The molecule has 0 bridgehead atoms. The van der Waals surface area contributed by atoms with E-state index in [0.29, 0.717) is 11.0 Å². The average Bonchev–Trinajstić information content (AvgIpc) is 3.02. The monoisotopic (exact) mass is 318 g/mol. The summed E-state index contributed by atoms with van der Waals surface area (Å²) in [6, 6.07) is 8.56. The summed E-state index contributed by atoms with van der Waals surface area (Å²) >= 11 is 7.32. The highest BCUT2D eigenvalue weighted by Gasteiger charge is 2.13. The van der Waals surface area contributed by atoms with Crippen LogP contribution >= 0.6 is 22.9 Å². The van der Waals surface area contributed by atoms with Crippen LogP contribution in [0.4, 0.5) is 10.3 Å². The van der Waals surface area contributed by atoms with E-state index in [1.165, 1.54) is 23.5 Å². The van der Waals surface area contributed by atoms with Gasteiger partial charge in [-0.1, -0.05) is 11.6 Å². The summed E-state index contributed by atoms with van der Waals surface area (Å²) in [5.41, 5.74) is 10.6. The van der Waals surface area contributed by atoms with Gasteiger partial charge in [0.25, 0.3) is 0 Å². The minimum Gasteiger partial charge on any atom is -0.369 e. The van der Waals surface area contributed by atoms with E-state index in [2.05, 4.69) is 9.97 Å².